The second-order valence-corrected chi connectivity index (χ2v) is 38.5. The number of fused-ring (bicyclic) bond motifs is 5. The molecule has 0 unspecified atom stereocenters. The van der Waals surface area contributed by atoms with E-state index < -0.39 is 76.0 Å². The van der Waals surface area contributed by atoms with Gasteiger partial charge in [-0.15, -0.1) is 0 Å². The van der Waals surface area contributed by atoms with Crippen LogP contribution in [0.2, 0.25) is 5.02 Å². The number of halogens is 9. The predicted molar refractivity (Wildman–Crippen MR) is 500 cm³/mol. The Morgan fingerprint density at radius 3 is 1.11 bits per heavy atom. The Kier molecular flexibility index (Phi) is 26.8. The van der Waals surface area contributed by atoms with Crippen molar-refractivity contribution in [3.8, 4) is 5.88 Å². The number of nitrogens with one attached hydrogen (secondary N) is 1. The number of ether oxygens (including phenoxy) is 1. The normalized spacial score (nSPS) is 21.2. The van der Waals surface area contributed by atoms with E-state index in [9.17, 15) is 54.3 Å². The zero-order valence-electron chi connectivity index (χ0n) is 77.7. The van der Waals surface area contributed by atoms with Crippen LogP contribution in [0.15, 0.2) is 122 Å². The molecule has 8 saturated heterocycles. The third-order valence-electron chi connectivity index (χ3n) is 27.8. The molecule has 18 heterocycles. The minimum absolute atomic E-state index is 0.0413. The summed E-state index contributed by atoms with van der Waals surface area (Å²) in [6.45, 7) is 26.9. The summed E-state index contributed by atoms with van der Waals surface area (Å²) in [5, 5.41) is 27.0. The van der Waals surface area contributed by atoms with E-state index in [2.05, 4.69) is 98.8 Å². The van der Waals surface area contributed by atoms with Crippen LogP contribution < -0.4 is 24.3 Å². The first-order valence-corrected chi connectivity index (χ1v) is 47.7. The number of carbonyl (C=O) groups is 4. The average Bonchev–Trinajstić information content (AvgIpc) is 1.51. The van der Waals surface area contributed by atoms with Crippen LogP contribution in [0.25, 0.3) is 33.5 Å². The number of anilines is 4. The summed E-state index contributed by atoms with van der Waals surface area (Å²) in [5.41, 5.74) is 8.11. The van der Waals surface area contributed by atoms with Crippen molar-refractivity contribution in [2.24, 2.45) is 23.7 Å². The number of H-pyrrole nitrogens is 1. The van der Waals surface area contributed by atoms with Crippen LogP contribution in [0, 0.1) is 63.0 Å². The number of aromatic amines is 1. The number of aromatic nitrogens is 15. The molecular weight excluding hydrogens is 1780 g/mol. The number of nitrogens with zero attached hydrogens (tertiary/aromatic N) is 22. The molecule has 8 aliphatic heterocycles. The average molecular weight is 1890 g/mol. The van der Waals surface area contributed by atoms with Gasteiger partial charge in [-0.25, -0.2) is 51.8 Å². The molecule has 37 heteroatoms. The van der Waals surface area contributed by atoms with E-state index in [1.807, 2.05) is 72.2 Å². The minimum atomic E-state index is -4.77. The van der Waals surface area contributed by atoms with Gasteiger partial charge in [0.15, 0.2) is 34.1 Å². The molecule has 0 aliphatic carbocycles. The van der Waals surface area contributed by atoms with Crippen LogP contribution in [0.5, 0.6) is 5.88 Å². The lowest BCUT2D eigenvalue weighted by Crippen LogP contribution is -2.39. The van der Waals surface area contributed by atoms with Gasteiger partial charge >= 0.3 is 12.4 Å². The minimum Gasteiger partial charge on any atom is -0.481 e. The van der Waals surface area contributed by atoms with Gasteiger partial charge in [0, 0.05) is 166 Å². The number of hydrogen-bond donors (Lipinski definition) is 1. The first-order chi connectivity index (χ1) is 65.2. The number of hydrogen-bond acceptors (Lipinski definition) is 19. The van der Waals surface area contributed by atoms with Gasteiger partial charge in [-0.05, 0) is 209 Å². The van der Waals surface area contributed by atoms with E-state index in [0.717, 1.165) is 226 Å². The van der Waals surface area contributed by atoms with Gasteiger partial charge in [-0.2, -0.15) is 51.8 Å². The summed E-state index contributed by atoms with van der Waals surface area (Å²) < 4.78 is 122. The molecule has 13 aromatic rings. The monoisotopic (exact) mass is 1890 g/mol. The molecule has 136 heavy (non-hydrogen) atoms. The summed E-state index contributed by atoms with van der Waals surface area (Å²) in [6, 6.07) is 19.9. The van der Waals surface area contributed by atoms with Crippen molar-refractivity contribution in [1.29, 1.82) is 0 Å². The number of carbonyl (C=O) groups excluding carboxylic acids is 4. The van der Waals surface area contributed by atoms with E-state index in [-0.39, 0.29) is 41.1 Å². The van der Waals surface area contributed by atoms with Crippen molar-refractivity contribution < 1.29 is 59.0 Å². The van der Waals surface area contributed by atoms with Gasteiger partial charge in [0.25, 0.3) is 23.6 Å². The predicted octanol–water partition coefficient (Wildman–Crippen LogP) is 19.3. The molecule has 0 spiro atoms. The number of alkyl halides is 6. The highest BCUT2D eigenvalue weighted by atomic mass is 35.5. The molecule has 28 nitrogen and oxygen atoms in total. The first-order valence-electron chi connectivity index (χ1n) is 47.3. The fourth-order valence-electron chi connectivity index (χ4n) is 20.8. The highest BCUT2D eigenvalue weighted by molar-refractivity contribution is 6.31. The number of benzene rings is 3. The molecule has 8 aliphatic rings. The third-order valence-corrected chi connectivity index (χ3v) is 28.0. The number of rotatable bonds is 13. The molecule has 8 fully saturated rings. The highest BCUT2D eigenvalue weighted by Gasteiger charge is 2.43. The summed E-state index contributed by atoms with van der Waals surface area (Å²) in [4.78, 5) is 93.2. The molecule has 1 N–H and O–H groups in total. The lowest BCUT2D eigenvalue weighted by Gasteiger charge is -2.35. The van der Waals surface area contributed by atoms with E-state index in [1.54, 1.807) is 30.7 Å². The zero-order valence-corrected chi connectivity index (χ0v) is 78.5. The fourth-order valence-corrected chi connectivity index (χ4v) is 20.9. The molecule has 21 rings (SSSR count). The van der Waals surface area contributed by atoms with Crippen molar-refractivity contribution in [3.05, 3.63) is 217 Å². The molecule has 716 valence electrons. The quantitative estimate of drug-likeness (QED) is 0.105. The van der Waals surface area contributed by atoms with Crippen molar-refractivity contribution in [1.82, 2.24) is 93.2 Å². The van der Waals surface area contributed by atoms with Gasteiger partial charge in [0.05, 0.1) is 93.6 Å². The SMILES string of the molecule is COc1ccc(F)c(C(=O)N2CCCC[C@H]2c2cc3nc(N4CC[C@H](C)C4)c(C)cn3n2)n1.Cc1cn2nc([C@@H]3CCCCN3C(=O)c3cc(Cl)ccc3C(F)(F)F)cc2nc1N1CC[C@H](C)C1.Cc1cn2nc([C@@H]3CCCCN3C(=O)c3cc(F)ccc3C(F)(F)F)cc2nc1N1CC[C@H](C)C1.Cc1cn2nc([C@@H]3CCCCN3C(=O)c3cccc4[nH]ncc34)cc2nc1N1CC[C@H](C)C1. The third kappa shape index (κ3) is 19.5. The molecule has 8 atom stereocenters. The Bertz CT molecular complexity index is 6460. The van der Waals surface area contributed by atoms with E-state index in [0.29, 0.717) is 103 Å². The summed E-state index contributed by atoms with van der Waals surface area (Å²) in [5.74, 6) is 3.21. The number of likely N-dealkylation sites (tertiary alicyclic amines) is 4. The van der Waals surface area contributed by atoms with Crippen LogP contribution >= 0.6 is 11.6 Å². The molecule has 4 amide bonds. The molecule has 0 radical (unpaired) electrons. The summed E-state index contributed by atoms with van der Waals surface area (Å²) in [7, 11) is 1.45. The van der Waals surface area contributed by atoms with Gasteiger partial charge < -0.3 is 43.9 Å². The largest absolute Gasteiger partial charge is 0.481 e. The standard InChI is InChI=1S/C25H27ClF3N5O.C25H27F4N5O.C25H29N7O.C24H29FN6O2/c2*1-15-8-10-32(13-15)23-16(2)14-34-22(30-23)12-20(31-34)21-5-3-4-9-33(21)24(35)18-11-17(26)6-7-19(18)25(27,28)29;1-16-9-11-30(14-16)24-17(2)15-32-23(27-24)12-21(29-32)22-8-3-4-10-31(22)25(33)18-6-5-7-20-19(18)13-26-28-20;1-15-9-11-29(13-15)23-16(2)14-31-20(26-23)12-18(28-31)19-6-4-5-10-30(19)24(32)22-17(25)7-8-21(27-22)33-3/h2*6-7,11-12,14-15,21H,3-5,8-10,13H2,1-2H3;5-7,12-13,15-16,22H,3-4,8-11,14H2,1-2H3,(H,26,28);7-8,12,14-15,19H,4-6,9-11,13H2,1-3H3/t2*15-,21-;16-,22-;15-,19-/m0000/s1. The van der Waals surface area contributed by atoms with Gasteiger partial charge in [0.1, 0.15) is 29.1 Å². The Morgan fingerprint density at radius 2 is 0.757 bits per heavy atom. The van der Waals surface area contributed by atoms with Crippen LogP contribution in [-0.4, -0.2) is 202 Å². The van der Waals surface area contributed by atoms with Crippen LogP contribution in [0.1, 0.15) is 252 Å². The van der Waals surface area contributed by atoms with Crippen molar-refractivity contribution in [2.45, 2.75) is 195 Å². The Morgan fingerprint density at radius 1 is 0.404 bits per heavy atom. The summed E-state index contributed by atoms with van der Waals surface area (Å²) in [6.07, 6.45) is 14.6. The lowest BCUT2D eigenvalue weighted by molar-refractivity contribution is -0.138. The van der Waals surface area contributed by atoms with Crippen molar-refractivity contribution >= 4 is 92.0 Å². The maximum atomic E-state index is 14.5. The lowest BCUT2D eigenvalue weighted by atomic mass is 9.97. The number of aryl methyl sites for hydroxylation is 4. The molecule has 0 bridgehead atoms. The second kappa shape index (κ2) is 38.9. The number of piperidine rings is 4. The van der Waals surface area contributed by atoms with E-state index in [1.165, 1.54) is 41.9 Å². The zero-order chi connectivity index (χ0) is 95.4. The van der Waals surface area contributed by atoms with E-state index >= 15 is 0 Å². The smallest absolute Gasteiger partial charge is 0.417 e. The molecular formula is C99H112ClF8N23O5. The highest BCUT2D eigenvalue weighted by Crippen LogP contribution is 2.44. The second-order valence-electron chi connectivity index (χ2n) is 38.1. The Hall–Kier alpha value is -12.6. The topological polar surface area (TPSA) is 266 Å². The van der Waals surface area contributed by atoms with Gasteiger partial charge in [0.2, 0.25) is 5.88 Å². The van der Waals surface area contributed by atoms with Crippen LogP contribution in [0.4, 0.5) is 58.4 Å². The first kappa shape index (κ1) is 93.8. The van der Waals surface area contributed by atoms with E-state index in [4.69, 9.17) is 46.5 Å². The number of methoxy groups -OCH3 is 1. The molecule has 0 saturated carbocycles. The Labute approximate surface area is 786 Å². The Balaban J connectivity index is 0.000000121. The number of amides is 4. The van der Waals surface area contributed by atoms with Crippen LogP contribution in [0.3, 0.4) is 0 Å². The molecule has 10 aromatic heterocycles. The fraction of sp³-hybridized carbons (Fsp3) is 0.475. The molecule has 3 aromatic carbocycles. The maximum Gasteiger partial charge on any atom is 0.417 e. The summed E-state index contributed by atoms with van der Waals surface area (Å²) >= 11 is 5.98. The number of pyridine rings is 1. The van der Waals surface area contributed by atoms with Crippen LogP contribution in [-0.2, 0) is 12.4 Å². The van der Waals surface area contributed by atoms with Gasteiger partial charge in [-0.3, -0.25) is 24.3 Å². The van der Waals surface area contributed by atoms with Gasteiger partial charge in [-0.1, -0.05) is 45.4 Å². The van der Waals surface area contributed by atoms with Crippen molar-refractivity contribution in [3.63, 3.8) is 0 Å². The van der Waals surface area contributed by atoms with Crippen molar-refractivity contribution in [2.75, 3.05) is 105 Å². The maximum absolute atomic E-state index is 14.5.